The molecule has 1 unspecified atom stereocenters. The van der Waals surface area contributed by atoms with E-state index in [1.54, 1.807) is 13.8 Å². The normalized spacial score (nSPS) is 13.2. The lowest BCUT2D eigenvalue weighted by Crippen LogP contribution is -2.41. The van der Waals surface area contributed by atoms with E-state index in [-0.39, 0.29) is 30.6 Å². The number of aliphatic carboxylic acids is 1. The average molecular weight is 257 g/mol. The summed E-state index contributed by atoms with van der Waals surface area (Å²) in [6, 6.07) is 0. The molecule has 0 fully saturated rings. The summed E-state index contributed by atoms with van der Waals surface area (Å²) in [7, 11) is 0. The third-order valence-corrected chi connectivity index (χ3v) is 2.82. The van der Waals surface area contributed by atoms with Crippen molar-refractivity contribution in [3.05, 3.63) is 0 Å². The smallest absolute Gasteiger partial charge is 0.304 e. The molecule has 5 heteroatoms. The fraction of sp³-hybridized carbons (Fsp3) is 0.769. The van der Waals surface area contributed by atoms with E-state index in [2.05, 4.69) is 5.32 Å². The van der Waals surface area contributed by atoms with Crippen LogP contribution in [-0.2, 0) is 14.4 Å². The van der Waals surface area contributed by atoms with Crippen LogP contribution in [0.5, 0.6) is 0 Å². The molecular weight excluding hydrogens is 234 g/mol. The number of Topliss-reactive ketones (excluding diaryl/α,β-unsaturated/α-hetero) is 1. The van der Waals surface area contributed by atoms with Crippen LogP contribution in [0.4, 0.5) is 0 Å². The Morgan fingerprint density at radius 1 is 1.17 bits per heavy atom. The maximum absolute atomic E-state index is 11.9. The molecule has 0 saturated heterocycles. The van der Waals surface area contributed by atoms with Gasteiger partial charge < -0.3 is 10.4 Å². The highest BCUT2D eigenvalue weighted by Crippen LogP contribution is 2.28. The van der Waals surface area contributed by atoms with Crippen LogP contribution in [0.25, 0.3) is 0 Å². The first-order valence-corrected chi connectivity index (χ1v) is 6.08. The van der Waals surface area contributed by atoms with Gasteiger partial charge in [-0.1, -0.05) is 34.6 Å². The lowest BCUT2D eigenvalue weighted by molar-refractivity contribution is -0.143. The van der Waals surface area contributed by atoms with Crippen LogP contribution < -0.4 is 5.32 Å². The number of rotatable bonds is 6. The van der Waals surface area contributed by atoms with E-state index in [4.69, 9.17) is 5.11 Å². The van der Waals surface area contributed by atoms with Crippen LogP contribution in [0.15, 0.2) is 0 Å². The summed E-state index contributed by atoms with van der Waals surface area (Å²) in [5.41, 5.74) is -0.455. The van der Waals surface area contributed by atoms with Crippen LogP contribution in [0.2, 0.25) is 0 Å². The summed E-state index contributed by atoms with van der Waals surface area (Å²) in [6.07, 6.45) is -0.231. The number of ketones is 1. The zero-order valence-electron chi connectivity index (χ0n) is 11.7. The Morgan fingerprint density at radius 3 is 2.00 bits per heavy atom. The predicted molar refractivity (Wildman–Crippen MR) is 68.1 cm³/mol. The molecule has 0 radical (unpaired) electrons. The highest BCUT2D eigenvalue weighted by atomic mass is 16.4. The van der Waals surface area contributed by atoms with Crippen LogP contribution >= 0.6 is 0 Å². The van der Waals surface area contributed by atoms with E-state index < -0.39 is 17.3 Å². The van der Waals surface area contributed by atoms with Crippen molar-refractivity contribution < 1.29 is 19.5 Å². The second kappa shape index (κ2) is 6.52. The minimum absolute atomic E-state index is 0.0390. The van der Waals surface area contributed by atoms with Gasteiger partial charge in [0.2, 0.25) is 5.91 Å². The molecule has 0 bridgehead atoms. The number of hydrogen-bond donors (Lipinski definition) is 2. The maximum atomic E-state index is 11.9. The maximum Gasteiger partial charge on any atom is 0.304 e. The van der Waals surface area contributed by atoms with Gasteiger partial charge in [0.25, 0.3) is 0 Å². The van der Waals surface area contributed by atoms with Crippen LogP contribution in [0, 0.1) is 17.3 Å². The SMILES string of the molecule is CC(C)C(=O)CNC(=O)C(CC(=O)O)C(C)(C)C. The summed E-state index contributed by atoms with van der Waals surface area (Å²) in [4.78, 5) is 34.1. The standard InChI is InChI=1S/C13H23NO4/c1-8(2)10(15)7-14-12(18)9(6-11(16)17)13(3,4)5/h8-9H,6-7H2,1-5H3,(H,14,18)(H,16,17). The second-order valence-electron chi connectivity index (χ2n) is 5.86. The lowest BCUT2D eigenvalue weighted by atomic mass is 9.78. The minimum Gasteiger partial charge on any atom is -0.481 e. The van der Waals surface area contributed by atoms with Gasteiger partial charge in [0.1, 0.15) is 0 Å². The van der Waals surface area contributed by atoms with Crippen LogP contribution in [0.1, 0.15) is 41.0 Å². The molecule has 2 N–H and O–H groups in total. The zero-order chi connectivity index (χ0) is 14.5. The molecule has 1 amide bonds. The first-order chi connectivity index (χ1) is 8.05. The Hall–Kier alpha value is -1.39. The third-order valence-electron chi connectivity index (χ3n) is 2.82. The number of carboxylic acids is 1. The molecule has 18 heavy (non-hydrogen) atoms. The van der Waals surface area contributed by atoms with Crippen molar-refractivity contribution >= 4 is 17.7 Å². The van der Waals surface area contributed by atoms with Crippen LogP contribution in [0.3, 0.4) is 0 Å². The lowest BCUT2D eigenvalue weighted by Gasteiger charge is -2.28. The first kappa shape index (κ1) is 16.6. The van der Waals surface area contributed by atoms with E-state index in [0.717, 1.165) is 0 Å². The Kier molecular flexibility index (Phi) is 6.01. The van der Waals surface area contributed by atoms with Crippen molar-refractivity contribution in [3.63, 3.8) is 0 Å². The topological polar surface area (TPSA) is 83.5 Å². The molecule has 0 spiro atoms. The zero-order valence-corrected chi connectivity index (χ0v) is 11.7. The van der Waals surface area contributed by atoms with Crippen LogP contribution in [-0.4, -0.2) is 29.3 Å². The Bertz CT molecular complexity index is 328. The van der Waals surface area contributed by atoms with Gasteiger partial charge >= 0.3 is 5.97 Å². The summed E-state index contributed by atoms with van der Waals surface area (Å²) >= 11 is 0. The van der Waals surface area contributed by atoms with Gasteiger partial charge in [-0.15, -0.1) is 0 Å². The number of amides is 1. The molecule has 0 aromatic rings. The fourth-order valence-electron chi connectivity index (χ4n) is 1.47. The summed E-state index contributed by atoms with van der Waals surface area (Å²) in [6.45, 7) is 8.90. The van der Waals surface area contributed by atoms with Crippen molar-refractivity contribution in [1.82, 2.24) is 5.32 Å². The van der Waals surface area contributed by atoms with Crippen molar-refractivity contribution in [2.24, 2.45) is 17.3 Å². The van der Waals surface area contributed by atoms with E-state index in [0.29, 0.717) is 0 Å². The molecule has 0 heterocycles. The summed E-state index contributed by atoms with van der Waals surface area (Å²) in [5.74, 6) is -2.24. The van der Waals surface area contributed by atoms with Gasteiger partial charge in [-0.2, -0.15) is 0 Å². The van der Waals surface area contributed by atoms with Crippen molar-refractivity contribution in [3.8, 4) is 0 Å². The molecule has 0 aromatic heterocycles. The van der Waals surface area contributed by atoms with Gasteiger partial charge in [0.05, 0.1) is 18.9 Å². The first-order valence-electron chi connectivity index (χ1n) is 6.08. The molecule has 0 aliphatic carbocycles. The Morgan fingerprint density at radius 2 is 1.67 bits per heavy atom. The molecule has 0 aromatic carbocycles. The molecule has 104 valence electrons. The molecule has 0 aliphatic rings. The molecule has 0 aliphatic heterocycles. The van der Waals surface area contributed by atoms with Crippen molar-refractivity contribution in [1.29, 1.82) is 0 Å². The van der Waals surface area contributed by atoms with Gasteiger partial charge in [-0.25, -0.2) is 0 Å². The highest BCUT2D eigenvalue weighted by Gasteiger charge is 2.33. The quantitative estimate of drug-likeness (QED) is 0.754. The number of carboxylic acid groups (broad SMARTS) is 1. The van der Waals surface area contributed by atoms with E-state index in [1.807, 2.05) is 20.8 Å². The monoisotopic (exact) mass is 257 g/mol. The second-order valence-corrected chi connectivity index (χ2v) is 5.86. The Labute approximate surface area is 108 Å². The van der Waals surface area contributed by atoms with E-state index in [1.165, 1.54) is 0 Å². The predicted octanol–water partition coefficient (Wildman–Crippen LogP) is 1.46. The van der Waals surface area contributed by atoms with Crippen molar-refractivity contribution in [2.45, 2.75) is 41.0 Å². The molecule has 0 rings (SSSR count). The fourth-order valence-corrected chi connectivity index (χ4v) is 1.47. The molecule has 1 atom stereocenters. The number of carbonyl (C=O) groups is 3. The Balaban J connectivity index is 4.58. The molecule has 5 nitrogen and oxygen atoms in total. The van der Waals surface area contributed by atoms with Gasteiger partial charge in [0.15, 0.2) is 5.78 Å². The van der Waals surface area contributed by atoms with Gasteiger partial charge in [-0.05, 0) is 5.41 Å². The number of nitrogens with one attached hydrogen (secondary N) is 1. The van der Waals surface area contributed by atoms with E-state index >= 15 is 0 Å². The van der Waals surface area contributed by atoms with E-state index in [9.17, 15) is 14.4 Å². The van der Waals surface area contributed by atoms with Gasteiger partial charge in [0, 0.05) is 5.92 Å². The molecular formula is C13H23NO4. The number of hydrogen-bond acceptors (Lipinski definition) is 3. The third kappa shape index (κ3) is 5.80. The average Bonchev–Trinajstić information content (AvgIpc) is 2.19. The molecule has 0 saturated carbocycles. The highest BCUT2D eigenvalue weighted by molar-refractivity contribution is 5.89. The number of carbonyl (C=O) groups excluding carboxylic acids is 2. The summed E-state index contributed by atoms with van der Waals surface area (Å²) < 4.78 is 0. The largest absolute Gasteiger partial charge is 0.481 e. The van der Waals surface area contributed by atoms with Crippen molar-refractivity contribution in [2.75, 3.05) is 6.54 Å². The minimum atomic E-state index is -1.01. The summed E-state index contributed by atoms with van der Waals surface area (Å²) in [5, 5.41) is 11.3. The van der Waals surface area contributed by atoms with Gasteiger partial charge in [-0.3, -0.25) is 14.4 Å².